The second-order valence-electron chi connectivity index (χ2n) is 7.72. The van der Waals surface area contributed by atoms with Crippen LogP contribution in [0.3, 0.4) is 0 Å². The van der Waals surface area contributed by atoms with Crippen LogP contribution >= 0.6 is 11.3 Å². The summed E-state index contributed by atoms with van der Waals surface area (Å²) in [5, 5.41) is 3.80. The maximum Gasteiger partial charge on any atom is 0.248 e. The monoisotopic (exact) mass is 475 g/mol. The van der Waals surface area contributed by atoms with E-state index in [-0.39, 0.29) is 11.7 Å². The smallest absolute Gasteiger partial charge is 0.248 e. The highest BCUT2D eigenvalue weighted by molar-refractivity contribution is 7.93. The van der Waals surface area contributed by atoms with Crippen molar-refractivity contribution in [2.45, 2.75) is 6.42 Å². The highest BCUT2D eigenvalue weighted by Gasteiger charge is 2.28. The fourth-order valence-electron chi connectivity index (χ4n) is 3.73. The van der Waals surface area contributed by atoms with Gasteiger partial charge < -0.3 is 5.32 Å². The molecule has 4 aromatic rings. The van der Waals surface area contributed by atoms with Gasteiger partial charge >= 0.3 is 0 Å². The van der Waals surface area contributed by atoms with E-state index in [9.17, 15) is 13.2 Å². The van der Waals surface area contributed by atoms with Crippen LogP contribution in [0.4, 0.5) is 11.4 Å². The van der Waals surface area contributed by atoms with E-state index in [1.165, 1.54) is 10.4 Å². The number of hydrogen-bond acceptors (Lipinski definition) is 5. The molecule has 1 aliphatic rings. The molecule has 6 nitrogen and oxygen atoms in total. The summed E-state index contributed by atoms with van der Waals surface area (Å²) in [6.07, 6.45) is 3.81. The molecular weight excluding hydrogens is 454 g/mol. The first-order valence-corrected chi connectivity index (χ1v) is 13.0. The lowest BCUT2D eigenvalue weighted by atomic mass is 10.2. The zero-order valence-corrected chi connectivity index (χ0v) is 19.3. The average molecular weight is 476 g/mol. The highest BCUT2D eigenvalue weighted by Crippen LogP contribution is 2.30. The molecule has 0 radical (unpaired) electrons. The molecule has 0 bridgehead atoms. The lowest BCUT2D eigenvalue weighted by Crippen LogP contribution is -2.24. The third kappa shape index (κ3) is 4.67. The molecular formula is C25H21N3O3S2. The first-order chi connectivity index (χ1) is 16.0. The molecule has 1 N–H and O–H groups in total. The molecule has 5 rings (SSSR count). The third-order valence-electron chi connectivity index (χ3n) is 5.40. The van der Waals surface area contributed by atoms with Gasteiger partial charge in [0.05, 0.1) is 21.7 Å². The number of anilines is 2. The summed E-state index contributed by atoms with van der Waals surface area (Å²) in [6, 6.07) is 22.8. The number of sulfonamides is 1. The van der Waals surface area contributed by atoms with Gasteiger partial charge in [-0.3, -0.25) is 9.10 Å². The summed E-state index contributed by atoms with van der Waals surface area (Å²) in [6.45, 7) is 0.512. The minimum Gasteiger partial charge on any atom is -0.323 e. The first kappa shape index (κ1) is 21.4. The zero-order chi connectivity index (χ0) is 22.8. The average Bonchev–Trinajstić information content (AvgIpc) is 3.41. The standard InChI is InChI=1S/C25H21N3O3S2/c29-24(15-8-18-6-13-21(14-7-18)28-16-3-17-33(28,30)31)26-20-11-9-19(10-12-20)25-27-22-4-1-2-5-23(22)32-25/h1-2,4-15H,3,16-17H2,(H,26,29)/b15-8+. The van der Waals surface area contributed by atoms with Crippen molar-refractivity contribution < 1.29 is 13.2 Å². The lowest BCUT2D eigenvalue weighted by Gasteiger charge is -2.16. The number of thiazole rings is 1. The number of carbonyl (C=O) groups excluding carboxylic acids is 1. The summed E-state index contributed by atoms with van der Waals surface area (Å²) >= 11 is 1.64. The van der Waals surface area contributed by atoms with Gasteiger partial charge in [-0.05, 0) is 66.6 Å². The highest BCUT2D eigenvalue weighted by atomic mass is 32.2. The van der Waals surface area contributed by atoms with Crippen LogP contribution in [0.2, 0.25) is 0 Å². The molecule has 0 aliphatic carbocycles. The molecule has 166 valence electrons. The van der Waals surface area contributed by atoms with Gasteiger partial charge in [0.1, 0.15) is 5.01 Å². The third-order valence-corrected chi connectivity index (χ3v) is 8.36. The van der Waals surface area contributed by atoms with Gasteiger partial charge in [0.15, 0.2) is 0 Å². The molecule has 3 aromatic carbocycles. The molecule has 0 spiro atoms. The summed E-state index contributed by atoms with van der Waals surface area (Å²) in [4.78, 5) is 17.0. The van der Waals surface area contributed by atoms with Crippen molar-refractivity contribution in [2.24, 2.45) is 0 Å². The number of para-hydroxylation sites is 1. The van der Waals surface area contributed by atoms with Gasteiger partial charge in [0, 0.05) is 23.9 Å². The number of rotatable bonds is 5. The summed E-state index contributed by atoms with van der Waals surface area (Å²) in [5.41, 5.74) is 4.16. The Morgan fingerprint density at radius 1 is 1.00 bits per heavy atom. The molecule has 8 heteroatoms. The van der Waals surface area contributed by atoms with Crippen molar-refractivity contribution in [2.75, 3.05) is 21.9 Å². The van der Waals surface area contributed by atoms with Crippen LogP contribution in [0.25, 0.3) is 26.9 Å². The second kappa shape index (κ2) is 8.80. The van der Waals surface area contributed by atoms with Crippen molar-refractivity contribution >= 4 is 54.9 Å². The topological polar surface area (TPSA) is 79.4 Å². The predicted octanol–water partition coefficient (Wildman–Crippen LogP) is 5.16. The Morgan fingerprint density at radius 3 is 2.45 bits per heavy atom. The van der Waals surface area contributed by atoms with Crippen LogP contribution in [0.15, 0.2) is 78.9 Å². The van der Waals surface area contributed by atoms with Crippen LogP contribution in [0.5, 0.6) is 0 Å². The fourth-order valence-corrected chi connectivity index (χ4v) is 6.26. The zero-order valence-electron chi connectivity index (χ0n) is 17.6. The van der Waals surface area contributed by atoms with Crippen LogP contribution in [0.1, 0.15) is 12.0 Å². The Morgan fingerprint density at radius 2 is 1.76 bits per heavy atom. The minimum atomic E-state index is -3.19. The Kier molecular flexibility index (Phi) is 5.70. The number of amides is 1. The van der Waals surface area contributed by atoms with E-state index < -0.39 is 10.0 Å². The van der Waals surface area contributed by atoms with Crippen LogP contribution < -0.4 is 9.62 Å². The number of benzene rings is 3. The van der Waals surface area contributed by atoms with Gasteiger partial charge in [-0.25, -0.2) is 13.4 Å². The van der Waals surface area contributed by atoms with Gasteiger partial charge in [-0.2, -0.15) is 0 Å². The number of carbonyl (C=O) groups is 1. The van der Waals surface area contributed by atoms with Crippen LogP contribution in [-0.4, -0.2) is 31.6 Å². The molecule has 1 saturated heterocycles. The number of nitrogens with one attached hydrogen (secondary N) is 1. The van der Waals surface area contributed by atoms with Crippen LogP contribution in [-0.2, 0) is 14.8 Å². The van der Waals surface area contributed by atoms with Gasteiger partial charge in [-0.15, -0.1) is 11.3 Å². The van der Waals surface area contributed by atoms with E-state index in [1.54, 1.807) is 41.7 Å². The molecule has 2 heterocycles. The van der Waals surface area contributed by atoms with Crippen molar-refractivity contribution in [3.05, 3.63) is 84.4 Å². The molecule has 33 heavy (non-hydrogen) atoms. The molecule has 0 saturated carbocycles. The summed E-state index contributed by atoms with van der Waals surface area (Å²) in [7, 11) is -3.19. The molecule has 1 fully saturated rings. The van der Waals surface area contributed by atoms with Crippen molar-refractivity contribution in [1.29, 1.82) is 0 Å². The van der Waals surface area contributed by atoms with Crippen molar-refractivity contribution in [1.82, 2.24) is 4.98 Å². The minimum absolute atomic E-state index is 0.191. The maximum absolute atomic E-state index is 12.3. The normalized spacial score (nSPS) is 15.3. The number of hydrogen-bond donors (Lipinski definition) is 1. The predicted molar refractivity (Wildman–Crippen MR) is 135 cm³/mol. The van der Waals surface area contributed by atoms with Crippen LogP contribution in [0, 0.1) is 0 Å². The van der Waals surface area contributed by atoms with E-state index in [0.717, 1.165) is 26.4 Å². The lowest BCUT2D eigenvalue weighted by molar-refractivity contribution is -0.111. The molecule has 1 aliphatic heterocycles. The Hall–Kier alpha value is -3.49. The van der Waals surface area contributed by atoms with E-state index >= 15 is 0 Å². The number of nitrogens with zero attached hydrogens (tertiary/aromatic N) is 2. The van der Waals surface area contributed by atoms with E-state index in [1.807, 2.05) is 42.5 Å². The Balaban J connectivity index is 1.22. The molecule has 0 atom stereocenters. The van der Waals surface area contributed by atoms with Crippen molar-refractivity contribution in [3.63, 3.8) is 0 Å². The molecule has 0 unspecified atom stereocenters. The fraction of sp³-hybridized carbons (Fsp3) is 0.120. The summed E-state index contributed by atoms with van der Waals surface area (Å²) < 4.78 is 26.6. The second-order valence-corrected chi connectivity index (χ2v) is 10.8. The van der Waals surface area contributed by atoms with Crippen molar-refractivity contribution in [3.8, 4) is 10.6 Å². The van der Waals surface area contributed by atoms with Gasteiger partial charge in [-0.1, -0.05) is 24.3 Å². The largest absolute Gasteiger partial charge is 0.323 e. The van der Waals surface area contributed by atoms with E-state index in [4.69, 9.17) is 0 Å². The first-order valence-electron chi connectivity index (χ1n) is 10.5. The van der Waals surface area contributed by atoms with E-state index in [0.29, 0.717) is 24.3 Å². The number of aromatic nitrogens is 1. The SMILES string of the molecule is O=C(/C=C/c1ccc(N2CCCS2(=O)=O)cc1)Nc1ccc(-c2nc3ccccc3s2)cc1. The summed E-state index contributed by atoms with van der Waals surface area (Å²) in [5.74, 6) is -0.0508. The van der Waals surface area contributed by atoms with Gasteiger partial charge in [0.25, 0.3) is 0 Å². The quantitative estimate of drug-likeness (QED) is 0.405. The van der Waals surface area contributed by atoms with Gasteiger partial charge in [0.2, 0.25) is 15.9 Å². The number of fused-ring (bicyclic) bond motifs is 1. The molecule has 1 amide bonds. The Bertz CT molecular complexity index is 1410. The Labute approximate surface area is 196 Å². The van der Waals surface area contributed by atoms with E-state index in [2.05, 4.69) is 16.4 Å². The maximum atomic E-state index is 12.3. The molecule has 1 aromatic heterocycles.